The van der Waals surface area contributed by atoms with Crippen LogP contribution in [0.25, 0.3) is 0 Å². The van der Waals surface area contributed by atoms with Gasteiger partial charge in [0.2, 0.25) is 5.95 Å². The van der Waals surface area contributed by atoms with Crippen molar-refractivity contribution in [2.24, 2.45) is 0 Å². The molecule has 4 nitrogen and oxygen atoms in total. The zero-order valence-electron chi connectivity index (χ0n) is 10.7. The third-order valence-electron chi connectivity index (χ3n) is 2.56. The van der Waals surface area contributed by atoms with E-state index in [1.807, 2.05) is 0 Å². The second-order valence-corrected chi connectivity index (χ2v) is 4.55. The standard InChI is InChI=1S/C13H10ClF2N3O/c1-6-3-4-8(15)10(11(6)16)12(20)19-13-17-7(2)5-9(14)18-13/h3-5H,1-2H3,(H,17,18,19,20). The van der Waals surface area contributed by atoms with Gasteiger partial charge >= 0.3 is 0 Å². The van der Waals surface area contributed by atoms with E-state index < -0.39 is 23.1 Å². The van der Waals surface area contributed by atoms with Gasteiger partial charge in [0.05, 0.1) is 0 Å². The van der Waals surface area contributed by atoms with Crippen molar-refractivity contribution >= 4 is 23.5 Å². The molecule has 0 saturated carbocycles. The van der Waals surface area contributed by atoms with Crippen LogP contribution in [-0.2, 0) is 0 Å². The molecule has 20 heavy (non-hydrogen) atoms. The number of rotatable bonds is 2. The number of benzene rings is 1. The molecule has 2 rings (SSSR count). The minimum Gasteiger partial charge on any atom is -0.290 e. The smallest absolute Gasteiger partial charge is 0.264 e. The Morgan fingerprint density at radius 3 is 2.60 bits per heavy atom. The first-order valence-corrected chi connectivity index (χ1v) is 6.03. The maximum Gasteiger partial charge on any atom is 0.264 e. The molecule has 1 aromatic heterocycles. The summed E-state index contributed by atoms with van der Waals surface area (Å²) in [6.45, 7) is 3.09. The average Bonchev–Trinajstić information content (AvgIpc) is 2.33. The van der Waals surface area contributed by atoms with Gasteiger partial charge in [0.15, 0.2) is 0 Å². The summed E-state index contributed by atoms with van der Waals surface area (Å²) in [7, 11) is 0. The van der Waals surface area contributed by atoms with Crippen molar-refractivity contribution in [1.82, 2.24) is 9.97 Å². The van der Waals surface area contributed by atoms with Gasteiger partial charge < -0.3 is 0 Å². The van der Waals surface area contributed by atoms with Crippen molar-refractivity contribution < 1.29 is 13.6 Å². The van der Waals surface area contributed by atoms with Gasteiger partial charge in [-0.3, -0.25) is 10.1 Å². The van der Waals surface area contributed by atoms with Crippen molar-refractivity contribution in [3.05, 3.63) is 51.8 Å². The fourth-order valence-electron chi connectivity index (χ4n) is 1.61. The van der Waals surface area contributed by atoms with Gasteiger partial charge in [0, 0.05) is 5.69 Å². The first-order valence-electron chi connectivity index (χ1n) is 5.65. The van der Waals surface area contributed by atoms with Crippen LogP contribution in [0, 0.1) is 25.5 Å². The van der Waals surface area contributed by atoms with Crippen LogP contribution < -0.4 is 5.32 Å². The largest absolute Gasteiger partial charge is 0.290 e. The van der Waals surface area contributed by atoms with Crippen molar-refractivity contribution in [2.45, 2.75) is 13.8 Å². The van der Waals surface area contributed by atoms with Gasteiger partial charge in [-0.1, -0.05) is 17.7 Å². The van der Waals surface area contributed by atoms with E-state index in [1.165, 1.54) is 19.1 Å². The predicted octanol–water partition coefficient (Wildman–Crippen LogP) is 3.28. The molecule has 2 aromatic rings. The van der Waals surface area contributed by atoms with Crippen molar-refractivity contribution in [3.63, 3.8) is 0 Å². The van der Waals surface area contributed by atoms with Gasteiger partial charge in [0.1, 0.15) is 22.4 Å². The molecule has 0 unspecified atom stereocenters. The highest BCUT2D eigenvalue weighted by atomic mass is 35.5. The fraction of sp³-hybridized carbons (Fsp3) is 0.154. The molecule has 104 valence electrons. The lowest BCUT2D eigenvalue weighted by Crippen LogP contribution is -2.18. The summed E-state index contributed by atoms with van der Waals surface area (Å²) in [4.78, 5) is 19.6. The molecule has 0 spiro atoms. The van der Waals surface area contributed by atoms with Crippen LogP contribution in [0.15, 0.2) is 18.2 Å². The Morgan fingerprint density at radius 2 is 1.95 bits per heavy atom. The first kappa shape index (κ1) is 14.3. The molecule has 7 heteroatoms. The summed E-state index contributed by atoms with van der Waals surface area (Å²) in [6, 6.07) is 3.77. The third kappa shape index (κ3) is 2.91. The number of hydrogen-bond acceptors (Lipinski definition) is 3. The number of nitrogens with one attached hydrogen (secondary N) is 1. The number of anilines is 1. The molecular weight excluding hydrogens is 288 g/mol. The molecule has 0 bridgehead atoms. The van der Waals surface area contributed by atoms with E-state index in [4.69, 9.17) is 11.6 Å². The minimum absolute atomic E-state index is 0.111. The van der Waals surface area contributed by atoms with Gasteiger partial charge in [-0.25, -0.2) is 18.7 Å². The van der Waals surface area contributed by atoms with Gasteiger partial charge in [-0.2, -0.15) is 0 Å². The second-order valence-electron chi connectivity index (χ2n) is 4.16. The molecule has 0 aliphatic carbocycles. The number of aryl methyl sites for hydroxylation is 2. The third-order valence-corrected chi connectivity index (χ3v) is 2.75. The lowest BCUT2D eigenvalue weighted by atomic mass is 10.1. The fourth-order valence-corrected chi connectivity index (χ4v) is 1.85. The summed E-state index contributed by atoms with van der Waals surface area (Å²) in [6.07, 6.45) is 0. The Bertz CT molecular complexity index is 671. The molecular formula is C13H10ClF2N3O. The number of carbonyl (C=O) groups is 1. The first-order chi connectivity index (χ1) is 9.38. The number of nitrogens with zero attached hydrogens (tertiary/aromatic N) is 2. The Kier molecular flexibility index (Phi) is 3.94. The second kappa shape index (κ2) is 5.50. The van der Waals surface area contributed by atoms with E-state index in [0.717, 1.165) is 6.07 Å². The summed E-state index contributed by atoms with van der Waals surface area (Å²) < 4.78 is 27.4. The summed E-state index contributed by atoms with van der Waals surface area (Å²) in [5.41, 5.74) is 0.0106. The van der Waals surface area contributed by atoms with Crippen LogP contribution in [0.5, 0.6) is 0 Å². The van der Waals surface area contributed by atoms with Crippen LogP contribution in [0.1, 0.15) is 21.6 Å². The maximum atomic E-state index is 13.8. The van der Waals surface area contributed by atoms with Crippen molar-refractivity contribution in [3.8, 4) is 0 Å². The molecule has 1 amide bonds. The number of aromatic nitrogens is 2. The van der Waals surface area contributed by atoms with Crippen LogP contribution in [0.2, 0.25) is 5.15 Å². The highest BCUT2D eigenvalue weighted by Gasteiger charge is 2.20. The minimum atomic E-state index is -0.967. The van der Waals surface area contributed by atoms with E-state index in [9.17, 15) is 13.6 Å². The maximum absolute atomic E-state index is 13.8. The molecule has 0 saturated heterocycles. The summed E-state index contributed by atoms with van der Waals surface area (Å²) >= 11 is 5.72. The Morgan fingerprint density at radius 1 is 1.25 bits per heavy atom. The van der Waals surface area contributed by atoms with E-state index in [2.05, 4.69) is 15.3 Å². The lowest BCUT2D eigenvalue weighted by molar-refractivity contribution is 0.101. The quantitative estimate of drug-likeness (QED) is 0.866. The number of halogens is 3. The summed E-state index contributed by atoms with van der Waals surface area (Å²) in [5.74, 6) is -2.95. The summed E-state index contributed by atoms with van der Waals surface area (Å²) in [5, 5.41) is 2.35. The Balaban J connectivity index is 2.35. The van der Waals surface area contributed by atoms with E-state index in [0.29, 0.717) is 5.69 Å². The monoisotopic (exact) mass is 297 g/mol. The van der Waals surface area contributed by atoms with E-state index in [1.54, 1.807) is 6.92 Å². The SMILES string of the molecule is Cc1cc(Cl)nc(NC(=O)c2c(F)ccc(C)c2F)n1. The van der Waals surface area contributed by atoms with E-state index >= 15 is 0 Å². The normalized spacial score (nSPS) is 10.4. The Labute approximate surface area is 118 Å². The topological polar surface area (TPSA) is 54.9 Å². The van der Waals surface area contributed by atoms with Gasteiger partial charge in [-0.05, 0) is 31.5 Å². The highest BCUT2D eigenvalue weighted by molar-refractivity contribution is 6.29. The molecule has 1 aromatic carbocycles. The van der Waals surface area contributed by atoms with Crippen LogP contribution in [-0.4, -0.2) is 15.9 Å². The highest BCUT2D eigenvalue weighted by Crippen LogP contribution is 2.18. The molecule has 1 heterocycles. The molecule has 1 N–H and O–H groups in total. The molecule has 0 fully saturated rings. The van der Waals surface area contributed by atoms with Crippen molar-refractivity contribution in [1.29, 1.82) is 0 Å². The number of hydrogen-bond donors (Lipinski definition) is 1. The molecule has 0 atom stereocenters. The number of carbonyl (C=O) groups excluding carboxylic acids is 1. The van der Waals surface area contributed by atoms with Gasteiger partial charge in [0.25, 0.3) is 5.91 Å². The average molecular weight is 298 g/mol. The van der Waals surface area contributed by atoms with Crippen LogP contribution >= 0.6 is 11.6 Å². The predicted molar refractivity (Wildman–Crippen MR) is 70.8 cm³/mol. The van der Waals surface area contributed by atoms with Crippen molar-refractivity contribution in [2.75, 3.05) is 5.32 Å². The van der Waals surface area contributed by atoms with Crippen LogP contribution in [0.4, 0.5) is 14.7 Å². The zero-order valence-corrected chi connectivity index (χ0v) is 11.4. The van der Waals surface area contributed by atoms with Crippen LogP contribution in [0.3, 0.4) is 0 Å². The molecule has 0 radical (unpaired) electrons. The molecule has 0 aliphatic rings. The Hall–Kier alpha value is -2.08. The van der Waals surface area contributed by atoms with E-state index in [-0.39, 0.29) is 16.7 Å². The zero-order chi connectivity index (χ0) is 14.9. The molecule has 0 aliphatic heterocycles. The number of amides is 1. The van der Waals surface area contributed by atoms with Gasteiger partial charge in [-0.15, -0.1) is 0 Å². The lowest BCUT2D eigenvalue weighted by Gasteiger charge is -2.08.